The van der Waals surface area contributed by atoms with Crippen LogP contribution in [-0.4, -0.2) is 28.4 Å². The largest absolute Gasteiger partial charge is 0.496 e. The highest BCUT2D eigenvalue weighted by Gasteiger charge is 2.18. The van der Waals surface area contributed by atoms with Gasteiger partial charge in [0.15, 0.2) is 5.78 Å². The van der Waals surface area contributed by atoms with E-state index in [-0.39, 0.29) is 15.6 Å². The van der Waals surface area contributed by atoms with Crippen molar-refractivity contribution in [1.82, 2.24) is 0 Å². The highest BCUT2D eigenvalue weighted by molar-refractivity contribution is 7.91. The van der Waals surface area contributed by atoms with Crippen molar-refractivity contribution in [3.05, 3.63) is 114 Å². The van der Waals surface area contributed by atoms with Crippen LogP contribution in [0.25, 0.3) is 26.6 Å². The maximum Gasteiger partial charge on any atom is 0.206 e. The molecule has 5 rings (SSSR count). The van der Waals surface area contributed by atoms with Gasteiger partial charge in [-0.15, -0.1) is 11.3 Å². The average molecular weight is 541 g/mol. The molecule has 0 amide bonds. The smallest absolute Gasteiger partial charge is 0.206 e. The summed E-state index contributed by atoms with van der Waals surface area (Å²) < 4.78 is 38.0. The molecule has 0 aliphatic rings. The molecule has 0 N–H and O–H groups in total. The summed E-state index contributed by atoms with van der Waals surface area (Å²) in [7, 11) is -0.464. The van der Waals surface area contributed by atoms with Crippen molar-refractivity contribution < 1.29 is 22.7 Å². The summed E-state index contributed by atoms with van der Waals surface area (Å²) in [5.41, 5.74) is 2.00. The summed E-state index contributed by atoms with van der Waals surface area (Å²) >= 11 is 1.66. The number of carbonyl (C=O) groups excluding carboxylic acids is 1. The molecule has 0 fully saturated rings. The molecule has 5 nitrogen and oxygen atoms in total. The minimum absolute atomic E-state index is 0.133. The van der Waals surface area contributed by atoms with E-state index in [0.29, 0.717) is 17.1 Å². The fraction of sp³-hybridized carbons (Fsp3) is 0.0645. The number of rotatable bonds is 8. The minimum Gasteiger partial charge on any atom is -0.496 e. The van der Waals surface area contributed by atoms with Gasteiger partial charge in [-0.25, -0.2) is 8.42 Å². The van der Waals surface area contributed by atoms with E-state index in [1.54, 1.807) is 62.0 Å². The van der Waals surface area contributed by atoms with Crippen molar-refractivity contribution in [3.63, 3.8) is 0 Å². The second-order valence-electron chi connectivity index (χ2n) is 8.48. The molecule has 38 heavy (non-hydrogen) atoms. The van der Waals surface area contributed by atoms with Crippen LogP contribution in [0.4, 0.5) is 0 Å². The SMILES string of the molecule is COc1cc(OC)c(-c2cc3ccccc3s2)cc1C=CC(=O)c1ccc(S(=O)(=O)c2ccccc2)cc1. The number of thiophene rings is 1. The van der Waals surface area contributed by atoms with Gasteiger partial charge in [-0.1, -0.05) is 36.4 Å². The van der Waals surface area contributed by atoms with Crippen molar-refractivity contribution in [2.75, 3.05) is 14.2 Å². The summed E-state index contributed by atoms with van der Waals surface area (Å²) in [6.45, 7) is 0. The molecular weight excluding hydrogens is 516 g/mol. The van der Waals surface area contributed by atoms with E-state index in [0.717, 1.165) is 21.4 Å². The molecule has 5 aromatic rings. The molecular formula is C31H24O5S2. The number of carbonyl (C=O) groups is 1. The van der Waals surface area contributed by atoms with Gasteiger partial charge in [0.05, 0.1) is 24.0 Å². The van der Waals surface area contributed by atoms with E-state index < -0.39 is 9.84 Å². The summed E-state index contributed by atoms with van der Waals surface area (Å²) in [6.07, 6.45) is 3.16. The van der Waals surface area contributed by atoms with Crippen LogP contribution in [0.1, 0.15) is 15.9 Å². The Balaban J connectivity index is 1.44. The molecule has 0 aliphatic heterocycles. The summed E-state index contributed by atoms with van der Waals surface area (Å²) in [5, 5.41) is 1.15. The molecule has 7 heteroatoms. The zero-order valence-electron chi connectivity index (χ0n) is 20.8. The Morgan fingerprint density at radius 1 is 0.763 bits per heavy atom. The van der Waals surface area contributed by atoms with Crippen LogP contribution in [0.2, 0.25) is 0 Å². The lowest BCUT2D eigenvalue weighted by Crippen LogP contribution is -2.02. The van der Waals surface area contributed by atoms with Gasteiger partial charge in [0.2, 0.25) is 9.84 Å². The molecule has 0 atom stereocenters. The third-order valence-corrected chi connectivity index (χ3v) is 9.09. The fourth-order valence-electron chi connectivity index (χ4n) is 4.16. The van der Waals surface area contributed by atoms with Crippen LogP contribution in [0, 0.1) is 0 Å². The van der Waals surface area contributed by atoms with Crippen LogP contribution < -0.4 is 9.47 Å². The maximum absolute atomic E-state index is 12.9. The first-order valence-corrected chi connectivity index (χ1v) is 14.1. The Morgan fingerprint density at radius 2 is 1.42 bits per heavy atom. The molecule has 0 bridgehead atoms. The molecule has 0 unspecified atom stereocenters. The summed E-state index contributed by atoms with van der Waals surface area (Å²) in [5.74, 6) is 0.988. The van der Waals surface area contributed by atoms with Gasteiger partial charge in [0.25, 0.3) is 0 Å². The third kappa shape index (κ3) is 4.98. The molecule has 1 aromatic heterocycles. The number of ether oxygens (including phenoxy) is 2. The third-order valence-electron chi connectivity index (χ3n) is 6.16. The van der Waals surface area contributed by atoms with Gasteiger partial charge in [-0.3, -0.25) is 4.79 Å². The van der Waals surface area contributed by atoms with Crippen LogP contribution in [0.15, 0.2) is 113 Å². The first-order chi connectivity index (χ1) is 18.4. The molecule has 0 spiro atoms. The number of fused-ring (bicyclic) bond motifs is 1. The number of allylic oxidation sites excluding steroid dienone is 1. The number of sulfone groups is 1. The van der Waals surface area contributed by atoms with Gasteiger partial charge in [0.1, 0.15) is 11.5 Å². The van der Waals surface area contributed by atoms with Gasteiger partial charge >= 0.3 is 0 Å². The van der Waals surface area contributed by atoms with E-state index in [1.165, 1.54) is 35.0 Å². The van der Waals surface area contributed by atoms with Crippen molar-refractivity contribution in [1.29, 1.82) is 0 Å². The monoisotopic (exact) mass is 540 g/mol. The Labute approximate surface area is 225 Å². The second kappa shape index (κ2) is 10.7. The fourth-order valence-corrected chi connectivity index (χ4v) is 6.52. The van der Waals surface area contributed by atoms with Crippen LogP contribution in [-0.2, 0) is 9.84 Å². The van der Waals surface area contributed by atoms with Crippen LogP contribution >= 0.6 is 11.3 Å². The lowest BCUT2D eigenvalue weighted by Gasteiger charge is -2.12. The maximum atomic E-state index is 12.9. The zero-order valence-corrected chi connectivity index (χ0v) is 22.4. The lowest BCUT2D eigenvalue weighted by molar-refractivity contribution is 0.104. The predicted octanol–water partition coefficient (Wildman–Crippen LogP) is 7.31. The normalized spacial score (nSPS) is 11.6. The first-order valence-electron chi connectivity index (χ1n) is 11.8. The van der Waals surface area contributed by atoms with Crippen LogP contribution in [0.3, 0.4) is 0 Å². The van der Waals surface area contributed by atoms with Crippen molar-refractivity contribution in [3.8, 4) is 21.9 Å². The topological polar surface area (TPSA) is 69.7 Å². The van der Waals surface area contributed by atoms with Crippen molar-refractivity contribution in [2.45, 2.75) is 9.79 Å². The lowest BCUT2D eigenvalue weighted by atomic mass is 10.0. The average Bonchev–Trinajstić information content (AvgIpc) is 3.40. The van der Waals surface area contributed by atoms with Gasteiger partial charge in [-0.2, -0.15) is 0 Å². The second-order valence-corrected chi connectivity index (χ2v) is 11.5. The van der Waals surface area contributed by atoms with Gasteiger partial charge < -0.3 is 9.47 Å². The Kier molecular flexibility index (Phi) is 7.13. The van der Waals surface area contributed by atoms with E-state index in [1.807, 2.05) is 24.3 Å². The number of hydrogen-bond acceptors (Lipinski definition) is 6. The summed E-state index contributed by atoms with van der Waals surface area (Å²) in [4.78, 5) is 14.3. The van der Waals surface area contributed by atoms with E-state index in [2.05, 4.69) is 18.2 Å². The number of methoxy groups -OCH3 is 2. The predicted molar refractivity (Wildman–Crippen MR) is 152 cm³/mol. The van der Waals surface area contributed by atoms with Crippen molar-refractivity contribution >= 4 is 43.1 Å². The minimum atomic E-state index is -3.65. The van der Waals surface area contributed by atoms with E-state index in [4.69, 9.17) is 9.47 Å². The molecule has 0 aliphatic carbocycles. The highest BCUT2D eigenvalue weighted by atomic mass is 32.2. The molecule has 1 heterocycles. The van der Waals surface area contributed by atoms with E-state index >= 15 is 0 Å². The quantitative estimate of drug-likeness (QED) is 0.152. The standard InChI is InChI=1S/C31H24O5S2/c1-35-28-20-29(36-2)26(31-19-23-8-6-7-11-30(23)37-31)18-22(28)14-17-27(32)21-12-15-25(16-13-21)38(33,34)24-9-4-3-5-10-24/h3-20H,1-2H3. The highest BCUT2D eigenvalue weighted by Crippen LogP contribution is 2.41. The van der Waals surface area contributed by atoms with E-state index in [9.17, 15) is 13.2 Å². The van der Waals surface area contributed by atoms with Crippen LogP contribution in [0.5, 0.6) is 11.5 Å². The molecule has 0 saturated heterocycles. The Bertz CT molecular complexity index is 1720. The molecule has 190 valence electrons. The van der Waals surface area contributed by atoms with Gasteiger partial charge in [0, 0.05) is 32.3 Å². The molecule has 0 radical (unpaired) electrons. The Morgan fingerprint density at radius 3 is 2.11 bits per heavy atom. The number of benzene rings is 4. The van der Waals surface area contributed by atoms with Gasteiger partial charge in [-0.05, 0) is 72.1 Å². The molecule has 4 aromatic carbocycles. The first kappa shape index (κ1) is 25.4. The molecule has 0 saturated carbocycles. The zero-order chi connectivity index (χ0) is 26.7. The van der Waals surface area contributed by atoms with Crippen molar-refractivity contribution in [2.24, 2.45) is 0 Å². The number of hydrogen-bond donors (Lipinski definition) is 0. The summed E-state index contributed by atoms with van der Waals surface area (Å²) in [6, 6.07) is 28.2. The Hall–Kier alpha value is -4.20. The number of ketones is 1.